The molecule has 0 N–H and O–H groups in total. The second kappa shape index (κ2) is 4.47. The van der Waals surface area contributed by atoms with Gasteiger partial charge in [-0.15, -0.1) is 0 Å². The number of Topliss-reactive ketones (excluding diaryl/α,β-unsaturated/α-hetero) is 1. The molecule has 2 heterocycles. The topological polar surface area (TPSA) is 44.8 Å². The first kappa shape index (κ1) is 10.7. The fraction of sp³-hybridized carbons (Fsp3) is 0.462. The minimum atomic E-state index is -0.224. The quantitative estimate of drug-likeness (QED) is 0.698. The summed E-state index contributed by atoms with van der Waals surface area (Å²) in [5.41, 5.74) is 0.667. The number of carbonyl (C=O) groups is 1. The molecule has 0 saturated carbocycles. The van der Waals surface area contributed by atoms with Crippen molar-refractivity contribution in [1.82, 2.24) is 0 Å². The van der Waals surface area contributed by atoms with Gasteiger partial charge in [-0.1, -0.05) is 12.1 Å². The van der Waals surface area contributed by atoms with Crippen LogP contribution in [0.5, 0.6) is 5.75 Å². The van der Waals surface area contributed by atoms with Gasteiger partial charge in [0.1, 0.15) is 18.0 Å². The molecule has 0 aliphatic carbocycles. The first-order valence-corrected chi connectivity index (χ1v) is 5.92. The fourth-order valence-electron chi connectivity index (χ4n) is 2.28. The van der Waals surface area contributed by atoms with E-state index < -0.39 is 0 Å². The minimum Gasteiger partial charge on any atom is -0.486 e. The highest BCUT2D eigenvalue weighted by molar-refractivity contribution is 5.99. The molecule has 2 unspecified atom stereocenters. The minimum absolute atomic E-state index is 0.117. The Labute approximate surface area is 99.4 Å². The molecule has 3 rings (SSSR count). The van der Waals surface area contributed by atoms with Crippen LogP contribution in [-0.2, 0) is 9.78 Å². The van der Waals surface area contributed by atoms with Crippen molar-refractivity contribution in [1.29, 1.82) is 0 Å². The Bertz CT molecular complexity index is 423. The summed E-state index contributed by atoms with van der Waals surface area (Å²) in [7, 11) is 0. The highest BCUT2D eigenvalue weighted by Gasteiger charge is 2.34. The molecule has 0 radical (unpaired) electrons. The number of hydrogen-bond acceptors (Lipinski definition) is 4. The Morgan fingerprint density at radius 2 is 2.06 bits per heavy atom. The predicted octanol–water partition coefficient (Wildman–Crippen LogP) is 2.13. The van der Waals surface area contributed by atoms with E-state index in [0.717, 1.165) is 12.8 Å². The molecule has 2 atom stereocenters. The maximum absolute atomic E-state index is 12.0. The smallest absolute Gasteiger partial charge is 0.170 e. The number of rotatable bonds is 1. The van der Waals surface area contributed by atoms with Gasteiger partial charge in [0.15, 0.2) is 5.78 Å². The summed E-state index contributed by atoms with van der Waals surface area (Å²) in [6.45, 7) is 0.619. The summed E-state index contributed by atoms with van der Waals surface area (Å²) >= 11 is 0. The first-order chi connectivity index (χ1) is 8.34. The average molecular weight is 234 g/mol. The zero-order chi connectivity index (χ0) is 11.7. The van der Waals surface area contributed by atoms with Gasteiger partial charge < -0.3 is 4.74 Å². The van der Waals surface area contributed by atoms with Crippen LogP contribution < -0.4 is 4.74 Å². The molecule has 2 aliphatic heterocycles. The van der Waals surface area contributed by atoms with Crippen LogP contribution in [0.15, 0.2) is 24.3 Å². The summed E-state index contributed by atoms with van der Waals surface area (Å²) in [5, 5.41) is 0. The molecular weight excluding hydrogens is 220 g/mol. The van der Waals surface area contributed by atoms with E-state index in [2.05, 4.69) is 0 Å². The Hall–Kier alpha value is -1.39. The summed E-state index contributed by atoms with van der Waals surface area (Å²) in [6, 6.07) is 7.34. The summed E-state index contributed by atoms with van der Waals surface area (Å²) in [6.07, 6.45) is 1.82. The number of fused-ring (bicyclic) bond motifs is 1. The van der Waals surface area contributed by atoms with Crippen LogP contribution in [-0.4, -0.2) is 24.6 Å². The van der Waals surface area contributed by atoms with Crippen molar-refractivity contribution in [3.63, 3.8) is 0 Å². The summed E-state index contributed by atoms with van der Waals surface area (Å²) in [4.78, 5) is 22.1. The highest BCUT2D eigenvalue weighted by atomic mass is 17.2. The maximum atomic E-state index is 12.0. The molecular formula is C13H14O4. The Balaban J connectivity index is 1.80. The van der Waals surface area contributed by atoms with Gasteiger partial charge in [-0.05, 0) is 25.0 Å². The van der Waals surface area contributed by atoms with E-state index in [0.29, 0.717) is 24.3 Å². The molecule has 1 aromatic carbocycles. The van der Waals surface area contributed by atoms with E-state index in [1.54, 1.807) is 6.07 Å². The van der Waals surface area contributed by atoms with Crippen LogP contribution in [0.4, 0.5) is 0 Å². The van der Waals surface area contributed by atoms with Gasteiger partial charge in [0.2, 0.25) is 0 Å². The predicted molar refractivity (Wildman–Crippen MR) is 59.9 cm³/mol. The molecule has 0 amide bonds. The normalized spacial score (nSPS) is 28.4. The van der Waals surface area contributed by atoms with Crippen LogP contribution in [0.25, 0.3) is 0 Å². The van der Waals surface area contributed by atoms with Crippen molar-refractivity contribution >= 4 is 5.78 Å². The third-order valence-corrected chi connectivity index (χ3v) is 3.18. The van der Waals surface area contributed by atoms with Crippen molar-refractivity contribution < 1.29 is 19.3 Å². The van der Waals surface area contributed by atoms with Crippen molar-refractivity contribution in [2.24, 2.45) is 0 Å². The number of hydrogen-bond donors (Lipinski definition) is 0. The molecule has 1 saturated heterocycles. The molecule has 17 heavy (non-hydrogen) atoms. The molecule has 0 spiro atoms. The molecule has 4 heteroatoms. The number of para-hydroxylation sites is 1. The van der Waals surface area contributed by atoms with Gasteiger partial charge in [0, 0.05) is 0 Å². The molecule has 0 aromatic heterocycles. The molecule has 4 nitrogen and oxygen atoms in total. The second-order valence-corrected chi connectivity index (χ2v) is 4.38. The molecule has 90 valence electrons. The summed E-state index contributed by atoms with van der Waals surface area (Å²) in [5.74, 6) is 0.772. The van der Waals surface area contributed by atoms with Crippen LogP contribution in [0.2, 0.25) is 0 Å². The molecule has 0 bridgehead atoms. The summed E-state index contributed by atoms with van der Waals surface area (Å²) < 4.78 is 5.82. The number of ketones is 1. The highest BCUT2D eigenvalue weighted by Crippen LogP contribution is 2.30. The Kier molecular flexibility index (Phi) is 2.82. The van der Waals surface area contributed by atoms with E-state index >= 15 is 0 Å². The molecule has 1 aromatic rings. The van der Waals surface area contributed by atoms with Crippen molar-refractivity contribution in [3.05, 3.63) is 29.8 Å². The Morgan fingerprint density at radius 1 is 1.18 bits per heavy atom. The number of ether oxygens (including phenoxy) is 1. The average Bonchev–Trinajstić information content (AvgIpc) is 2.40. The number of carbonyl (C=O) groups excluding carboxylic acids is 1. The SMILES string of the molecule is O=C1CC(C2CCCOO2)Oc2ccccc21. The zero-order valence-electron chi connectivity index (χ0n) is 9.43. The van der Waals surface area contributed by atoms with Crippen molar-refractivity contribution in [3.8, 4) is 5.75 Å². The lowest BCUT2D eigenvalue weighted by atomic mass is 9.96. The lowest BCUT2D eigenvalue weighted by molar-refractivity contribution is -0.356. The first-order valence-electron chi connectivity index (χ1n) is 5.92. The maximum Gasteiger partial charge on any atom is 0.170 e. The zero-order valence-corrected chi connectivity index (χ0v) is 9.43. The third kappa shape index (κ3) is 2.06. The van der Waals surface area contributed by atoms with E-state index in [9.17, 15) is 4.79 Å². The third-order valence-electron chi connectivity index (χ3n) is 3.18. The van der Waals surface area contributed by atoms with Crippen LogP contribution in [0, 0.1) is 0 Å². The largest absolute Gasteiger partial charge is 0.486 e. The fourth-order valence-corrected chi connectivity index (χ4v) is 2.28. The van der Waals surface area contributed by atoms with Gasteiger partial charge in [0.25, 0.3) is 0 Å². The van der Waals surface area contributed by atoms with E-state index in [1.165, 1.54) is 0 Å². The Morgan fingerprint density at radius 3 is 2.88 bits per heavy atom. The van der Waals surface area contributed by atoms with Gasteiger partial charge >= 0.3 is 0 Å². The van der Waals surface area contributed by atoms with Crippen molar-refractivity contribution in [2.75, 3.05) is 6.61 Å². The van der Waals surface area contributed by atoms with E-state index in [-0.39, 0.29) is 18.0 Å². The van der Waals surface area contributed by atoms with Gasteiger partial charge in [-0.2, -0.15) is 0 Å². The van der Waals surface area contributed by atoms with E-state index in [4.69, 9.17) is 14.5 Å². The molecule has 1 fully saturated rings. The standard InChI is InChI=1S/C13H14O4/c14-10-8-13(12-6-3-7-15-17-12)16-11-5-2-1-4-9(10)11/h1-2,4-5,12-13H,3,6-8H2. The second-order valence-electron chi connectivity index (χ2n) is 4.38. The van der Waals surface area contributed by atoms with Gasteiger partial charge in [-0.3, -0.25) is 4.79 Å². The van der Waals surface area contributed by atoms with E-state index in [1.807, 2.05) is 18.2 Å². The van der Waals surface area contributed by atoms with Crippen molar-refractivity contribution in [2.45, 2.75) is 31.5 Å². The van der Waals surface area contributed by atoms with Crippen LogP contribution in [0.1, 0.15) is 29.6 Å². The molecule has 2 aliphatic rings. The van der Waals surface area contributed by atoms with Gasteiger partial charge in [-0.25, -0.2) is 9.78 Å². The monoisotopic (exact) mass is 234 g/mol. The van der Waals surface area contributed by atoms with Gasteiger partial charge in [0.05, 0.1) is 18.6 Å². The lowest BCUT2D eigenvalue weighted by Crippen LogP contribution is -2.40. The lowest BCUT2D eigenvalue weighted by Gasteiger charge is -2.32. The van der Waals surface area contributed by atoms with Crippen LogP contribution in [0.3, 0.4) is 0 Å². The number of benzene rings is 1. The van der Waals surface area contributed by atoms with Crippen LogP contribution >= 0.6 is 0 Å².